The number of hydrogen-bond acceptors (Lipinski definition) is 5. The van der Waals surface area contributed by atoms with Gasteiger partial charge in [-0.2, -0.15) is 10.2 Å². The van der Waals surface area contributed by atoms with Crippen LogP contribution in [-0.2, 0) is 6.54 Å². The second-order valence-electron chi connectivity index (χ2n) is 3.72. The van der Waals surface area contributed by atoms with Gasteiger partial charge in [-0.3, -0.25) is 0 Å². The van der Waals surface area contributed by atoms with Crippen molar-refractivity contribution in [3.8, 4) is 5.75 Å². The van der Waals surface area contributed by atoms with Gasteiger partial charge in [-0.25, -0.2) is 0 Å². The van der Waals surface area contributed by atoms with Gasteiger partial charge in [-0.1, -0.05) is 6.07 Å². The molecule has 0 aliphatic heterocycles. The standard InChI is InChI=1S/C13H16N4O/c1-2-18-12-7-3-6-11(13(12)14)15-9-10-5-4-8-16-17-10/h3-8,15H,2,9,14H2,1H3. The second-order valence-corrected chi connectivity index (χ2v) is 3.72. The van der Waals surface area contributed by atoms with Crippen LogP contribution in [0.4, 0.5) is 11.4 Å². The van der Waals surface area contributed by atoms with E-state index in [4.69, 9.17) is 10.5 Å². The summed E-state index contributed by atoms with van der Waals surface area (Å²) >= 11 is 0. The number of nitrogens with one attached hydrogen (secondary N) is 1. The van der Waals surface area contributed by atoms with Gasteiger partial charge in [0.25, 0.3) is 0 Å². The third-order valence-corrected chi connectivity index (χ3v) is 2.45. The van der Waals surface area contributed by atoms with E-state index < -0.39 is 0 Å². The van der Waals surface area contributed by atoms with Crippen LogP contribution in [0.2, 0.25) is 0 Å². The van der Waals surface area contributed by atoms with Gasteiger partial charge in [0, 0.05) is 6.20 Å². The molecule has 0 spiro atoms. The van der Waals surface area contributed by atoms with Crippen molar-refractivity contribution in [1.82, 2.24) is 10.2 Å². The average Bonchev–Trinajstić information content (AvgIpc) is 2.41. The van der Waals surface area contributed by atoms with E-state index in [9.17, 15) is 0 Å². The lowest BCUT2D eigenvalue weighted by atomic mass is 10.2. The average molecular weight is 244 g/mol. The van der Waals surface area contributed by atoms with E-state index in [0.29, 0.717) is 24.6 Å². The molecular weight excluding hydrogens is 228 g/mol. The Bertz CT molecular complexity index is 502. The molecule has 0 amide bonds. The molecule has 5 heteroatoms. The fourth-order valence-electron chi connectivity index (χ4n) is 1.59. The number of nitrogens with two attached hydrogens (primary N) is 1. The van der Waals surface area contributed by atoms with Crippen molar-refractivity contribution >= 4 is 11.4 Å². The van der Waals surface area contributed by atoms with Crippen LogP contribution in [0.15, 0.2) is 36.5 Å². The number of para-hydroxylation sites is 1. The summed E-state index contributed by atoms with van der Waals surface area (Å²) in [5.41, 5.74) is 8.32. The lowest BCUT2D eigenvalue weighted by Gasteiger charge is -2.12. The van der Waals surface area contributed by atoms with Gasteiger partial charge >= 0.3 is 0 Å². The van der Waals surface area contributed by atoms with Gasteiger partial charge in [-0.15, -0.1) is 0 Å². The van der Waals surface area contributed by atoms with Gasteiger partial charge in [0.15, 0.2) is 0 Å². The van der Waals surface area contributed by atoms with Crippen molar-refractivity contribution in [2.24, 2.45) is 0 Å². The summed E-state index contributed by atoms with van der Waals surface area (Å²) in [6.07, 6.45) is 1.65. The lowest BCUT2D eigenvalue weighted by Crippen LogP contribution is -2.06. The van der Waals surface area contributed by atoms with E-state index in [-0.39, 0.29) is 0 Å². The highest BCUT2D eigenvalue weighted by Gasteiger charge is 2.05. The number of nitrogens with zero attached hydrogens (tertiary/aromatic N) is 2. The summed E-state index contributed by atoms with van der Waals surface area (Å²) in [5.74, 6) is 0.696. The van der Waals surface area contributed by atoms with Gasteiger partial charge in [0.2, 0.25) is 0 Å². The second kappa shape index (κ2) is 5.86. The van der Waals surface area contributed by atoms with E-state index >= 15 is 0 Å². The van der Waals surface area contributed by atoms with Gasteiger partial charge < -0.3 is 15.8 Å². The fraction of sp³-hybridized carbons (Fsp3) is 0.231. The SMILES string of the molecule is CCOc1cccc(NCc2cccnn2)c1N. The molecule has 1 aromatic carbocycles. The van der Waals surface area contributed by atoms with Crippen LogP contribution >= 0.6 is 0 Å². The molecule has 0 bridgehead atoms. The van der Waals surface area contributed by atoms with Crippen molar-refractivity contribution in [2.75, 3.05) is 17.7 Å². The molecule has 3 N–H and O–H groups in total. The van der Waals surface area contributed by atoms with E-state index in [1.54, 1.807) is 6.20 Å². The highest BCUT2D eigenvalue weighted by Crippen LogP contribution is 2.29. The Morgan fingerprint density at radius 2 is 2.17 bits per heavy atom. The van der Waals surface area contributed by atoms with E-state index in [0.717, 1.165) is 11.4 Å². The largest absolute Gasteiger partial charge is 0.492 e. The number of benzene rings is 1. The zero-order valence-electron chi connectivity index (χ0n) is 10.3. The van der Waals surface area contributed by atoms with Crippen molar-refractivity contribution in [3.63, 3.8) is 0 Å². The van der Waals surface area contributed by atoms with E-state index in [1.165, 1.54) is 0 Å². The number of hydrogen-bond donors (Lipinski definition) is 2. The third-order valence-electron chi connectivity index (χ3n) is 2.45. The molecule has 0 saturated carbocycles. The third kappa shape index (κ3) is 2.88. The number of anilines is 2. The molecule has 2 rings (SSSR count). The van der Waals surface area contributed by atoms with E-state index in [2.05, 4.69) is 15.5 Å². The maximum Gasteiger partial charge on any atom is 0.144 e. The quantitative estimate of drug-likeness (QED) is 0.788. The van der Waals surface area contributed by atoms with Crippen LogP contribution in [0, 0.1) is 0 Å². The molecule has 0 aliphatic rings. The zero-order valence-corrected chi connectivity index (χ0v) is 10.3. The summed E-state index contributed by atoms with van der Waals surface area (Å²) in [5, 5.41) is 11.0. The fourth-order valence-corrected chi connectivity index (χ4v) is 1.59. The highest BCUT2D eigenvalue weighted by molar-refractivity contribution is 5.72. The van der Waals surface area contributed by atoms with Crippen molar-refractivity contribution in [1.29, 1.82) is 0 Å². The first kappa shape index (κ1) is 12.2. The molecular formula is C13H16N4O. The molecule has 2 aromatic rings. The predicted octanol–water partition coefficient (Wildman–Crippen LogP) is 2.07. The molecule has 1 aromatic heterocycles. The van der Waals surface area contributed by atoms with Crippen molar-refractivity contribution < 1.29 is 4.74 Å². The minimum Gasteiger partial charge on any atom is -0.492 e. The molecule has 5 nitrogen and oxygen atoms in total. The number of aromatic nitrogens is 2. The summed E-state index contributed by atoms with van der Waals surface area (Å²) in [6.45, 7) is 3.10. The first-order valence-corrected chi connectivity index (χ1v) is 5.83. The van der Waals surface area contributed by atoms with E-state index in [1.807, 2.05) is 37.3 Å². The Hall–Kier alpha value is -2.30. The monoisotopic (exact) mass is 244 g/mol. The number of nitrogen functional groups attached to an aromatic ring is 1. The van der Waals surface area contributed by atoms with Crippen LogP contribution in [0.5, 0.6) is 5.75 Å². The van der Waals surface area contributed by atoms with Crippen LogP contribution < -0.4 is 15.8 Å². The molecule has 94 valence electrons. The van der Waals surface area contributed by atoms with Gasteiger partial charge in [-0.05, 0) is 31.2 Å². The minimum atomic E-state index is 0.577. The number of rotatable bonds is 5. The molecule has 0 unspecified atom stereocenters. The Morgan fingerprint density at radius 3 is 2.89 bits per heavy atom. The lowest BCUT2D eigenvalue weighted by molar-refractivity contribution is 0.342. The first-order valence-electron chi connectivity index (χ1n) is 5.83. The smallest absolute Gasteiger partial charge is 0.144 e. The van der Waals surface area contributed by atoms with Gasteiger partial charge in [0.05, 0.1) is 30.2 Å². The number of ether oxygens (including phenoxy) is 1. The summed E-state index contributed by atoms with van der Waals surface area (Å²) < 4.78 is 5.44. The Kier molecular flexibility index (Phi) is 3.96. The predicted molar refractivity (Wildman–Crippen MR) is 71.4 cm³/mol. The minimum absolute atomic E-state index is 0.577. The van der Waals surface area contributed by atoms with Crippen LogP contribution in [0.25, 0.3) is 0 Å². The first-order chi connectivity index (χ1) is 8.81. The summed E-state index contributed by atoms with van der Waals surface area (Å²) in [4.78, 5) is 0. The molecule has 0 atom stereocenters. The van der Waals surface area contributed by atoms with Crippen molar-refractivity contribution in [2.45, 2.75) is 13.5 Å². The molecule has 0 aliphatic carbocycles. The Morgan fingerprint density at radius 1 is 1.28 bits per heavy atom. The topological polar surface area (TPSA) is 73.1 Å². The molecule has 18 heavy (non-hydrogen) atoms. The molecule has 1 heterocycles. The highest BCUT2D eigenvalue weighted by atomic mass is 16.5. The van der Waals surface area contributed by atoms with Gasteiger partial charge in [0.1, 0.15) is 5.75 Å². The maximum atomic E-state index is 6.01. The van der Waals surface area contributed by atoms with Crippen LogP contribution in [-0.4, -0.2) is 16.8 Å². The van der Waals surface area contributed by atoms with Crippen LogP contribution in [0.3, 0.4) is 0 Å². The molecule has 0 fully saturated rings. The maximum absolute atomic E-state index is 6.01. The molecule has 0 radical (unpaired) electrons. The Labute approximate surface area is 106 Å². The zero-order chi connectivity index (χ0) is 12.8. The van der Waals surface area contributed by atoms with Crippen molar-refractivity contribution in [3.05, 3.63) is 42.2 Å². The molecule has 0 saturated heterocycles. The Balaban J connectivity index is 2.08. The summed E-state index contributed by atoms with van der Waals surface area (Å²) in [6, 6.07) is 9.42. The summed E-state index contributed by atoms with van der Waals surface area (Å²) in [7, 11) is 0. The van der Waals surface area contributed by atoms with Crippen LogP contribution in [0.1, 0.15) is 12.6 Å². The normalized spacial score (nSPS) is 10.1.